The number of anilines is 1. The van der Waals surface area contributed by atoms with Crippen LogP contribution in [0.3, 0.4) is 0 Å². The topological polar surface area (TPSA) is 38.3 Å². The van der Waals surface area contributed by atoms with Crippen molar-refractivity contribution in [2.24, 2.45) is 5.92 Å². The minimum absolute atomic E-state index is 0.0923. The lowest BCUT2D eigenvalue weighted by Crippen LogP contribution is -2.15. The first-order valence-electron chi connectivity index (χ1n) is 6.79. The van der Waals surface area contributed by atoms with E-state index in [2.05, 4.69) is 5.32 Å². The van der Waals surface area contributed by atoms with Gasteiger partial charge in [0.25, 0.3) is 0 Å². The van der Waals surface area contributed by atoms with E-state index in [1.54, 1.807) is 0 Å². The average Bonchev–Trinajstić information content (AvgIpc) is 2.91. The van der Waals surface area contributed by atoms with E-state index in [1.165, 1.54) is 25.7 Å². The van der Waals surface area contributed by atoms with Gasteiger partial charge in [0.2, 0.25) is 0 Å². The van der Waals surface area contributed by atoms with E-state index in [9.17, 15) is 4.79 Å². The fourth-order valence-electron chi connectivity index (χ4n) is 2.32. The van der Waals surface area contributed by atoms with Gasteiger partial charge >= 0.3 is 5.97 Å². The lowest BCUT2D eigenvalue weighted by molar-refractivity contribution is -0.144. The molecule has 0 unspecified atom stereocenters. The summed E-state index contributed by atoms with van der Waals surface area (Å²) < 4.78 is 5.28. The fourth-order valence-corrected chi connectivity index (χ4v) is 2.32. The molecule has 1 aromatic carbocycles. The number of benzene rings is 1. The monoisotopic (exact) mass is 247 g/mol. The summed E-state index contributed by atoms with van der Waals surface area (Å²) in [6.45, 7) is 1.25. The van der Waals surface area contributed by atoms with Gasteiger partial charge in [0.1, 0.15) is 0 Å². The number of nitrogens with one attached hydrogen (secondary N) is 1. The quantitative estimate of drug-likeness (QED) is 0.784. The molecule has 0 aromatic heterocycles. The molecule has 0 bridgehead atoms. The van der Waals surface area contributed by atoms with Crippen LogP contribution in [0.15, 0.2) is 30.3 Å². The van der Waals surface area contributed by atoms with Crippen molar-refractivity contribution in [1.82, 2.24) is 0 Å². The zero-order valence-electron chi connectivity index (χ0n) is 10.7. The van der Waals surface area contributed by atoms with Crippen molar-refractivity contribution in [3.63, 3.8) is 0 Å². The molecule has 1 aliphatic carbocycles. The Bertz CT molecular complexity index is 358. The minimum Gasteiger partial charge on any atom is -0.465 e. The number of ether oxygens (including phenoxy) is 1. The molecule has 3 nitrogen and oxygen atoms in total. The Morgan fingerprint density at radius 3 is 2.67 bits per heavy atom. The third-order valence-corrected chi connectivity index (χ3v) is 3.39. The molecular weight excluding hydrogens is 226 g/mol. The van der Waals surface area contributed by atoms with E-state index in [0.717, 1.165) is 5.69 Å². The third-order valence-electron chi connectivity index (χ3n) is 3.39. The van der Waals surface area contributed by atoms with Gasteiger partial charge in [-0.2, -0.15) is 0 Å². The second-order valence-electron chi connectivity index (χ2n) is 4.88. The van der Waals surface area contributed by atoms with Crippen LogP contribution in [-0.4, -0.2) is 19.1 Å². The van der Waals surface area contributed by atoms with Gasteiger partial charge in [-0.15, -0.1) is 0 Å². The predicted octanol–water partition coefficient (Wildman–Crippen LogP) is 3.22. The van der Waals surface area contributed by atoms with E-state index in [4.69, 9.17) is 4.74 Å². The van der Waals surface area contributed by atoms with E-state index >= 15 is 0 Å². The zero-order valence-corrected chi connectivity index (χ0v) is 10.7. The molecule has 2 rings (SSSR count). The molecule has 0 spiro atoms. The summed E-state index contributed by atoms with van der Waals surface area (Å²) in [6, 6.07) is 9.90. The van der Waals surface area contributed by atoms with Gasteiger partial charge in [0.05, 0.1) is 13.0 Å². The van der Waals surface area contributed by atoms with E-state index in [0.29, 0.717) is 25.5 Å². The molecule has 0 radical (unpaired) electrons. The summed E-state index contributed by atoms with van der Waals surface area (Å²) in [6.07, 6.45) is 5.45. The molecule has 0 saturated heterocycles. The van der Waals surface area contributed by atoms with Crippen molar-refractivity contribution in [3.05, 3.63) is 30.3 Å². The number of carbonyl (C=O) groups is 1. The highest BCUT2D eigenvalue weighted by Crippen LogP contribution is 2.24. The number of hydrogen-bond acceptors (Lipinski definition) is 3. The maximum Gasteiger partial charge on any atom is 0.307 e. The Morgan fingerprint density at radius 2 is 1.94 bits per heavy atom. The second kappa shape index (κ2) is 7.04. The van der Waals surface area contributed by atoms with Crippen LogP contribution in [-0.2, 0) is 9.53 Å². The van der Waals surface area contributed by atoms with Crippen LogP contribution in [0, 0.1) is 5.92 Å². The largest absolute Gasteiger partial charge is 0.465 e. The fraction of sp³-hybridized carbons (Fsp3) is 0.533. The molecule has 1 N–H and O–H groups in total. The Morgan fingerprint density at radius 1 is 1.22 bits per heavy atom. The van der Waals surface area contributed by atoms with Crippen LogP contribution in [0.1, 0.15) is 32.1 Å². The SMILES string of the molecule is O=C(CCNc1ccccc1)OCC1CCCC1. The summed E-state index contributed by atoms with van der Waals surface area (Å²) in [4.78, 5) is 11.5. The van der Waals surface area contributed by atoms with Gasteiger partial charge in [-0.3, -0.25) is 4.79 Å². The van der Waals surface area contributed by atoms with Gasteiger partial charge in [-0.1, -0.05) is 31.0 Å². The molecule has 98 valence electrons. The van der Waals surface area contributed by atoms with Crippen molar-refractivity contribution >= 4 is 11.7 Å². The summed E-state index contributed by atoms with van der Waals surface area (Å²) in [5, 5.41) is 3.20. The number of para-hydroxylation sites is 1. The van der Waals surface area contributed by atoms with Crippen molar-refractivity contribution in [3.8, 4) is 0 Å². The van der Waals surface area contributed by atoms with Crippen LogP contribution < -0.4 is 5.32 Å². The van der Waals surface area contributed by atoms with Crippen LogP contribution in [0.4, 0.5) is 5.69 Å². The second-order valence-corrected chi connectivity index (χ2v) is 4.88. The van der Waals surface area contributed by atoms with Crippen molar-refractivity contribution in [1.29, 1.82) is 0 Å². The first kappa shape index (κ1) is 12.9. The van der Waals surface area contributed by atoms with Crippen molar-refractivity contribution in [2.75, 3.05) is 18.5 Å². The van der Waals surface area contributed by atoms with Gasteiger partial charge in [-0.05, 0) is 30.9 Å². The molecule has 0 amide bonds. The molecule has 1 saturated carbocycles. The normalized spacial score (nSPS) is 15.6. The van der Waals surface area contributed by atoms with Gasteiger partial charge in [-0.25, -0.2) is 0 Å². The Kier molecular flexibility index (Phi) is 5.06. The summed E-state index contributed by atoms with van der Waals surface area (Å²) in [7, 11) is 0. The van der Waals surface area contributed by atoms with E-state index in [1.807, 2.05) is 30.3 Å². The average molecular weight is 247 g/mol. The number of carbonyl (C=O) groups excluding carboxylic acids is 1. The molecule has 0 atom stereocenters. The molecular formula is C15H21NO2. The lowest BCUT2D eigenvalue weighted by Gasteiger charge is -2.10. The highest BCUT2D eigenvalue weighted by Gasteiger charge is 2.16. The van der Waals surface area contributed by atoms with Crippen LogP contribution in [0.2, 0.25) is 0 Å². The first-order valence-corrected chi connectivity index (χ1v) is 6.79. The summed E-state index contributed by atoms with van der Waals surface area (Å²) in [5.41, 5.74) is 1.04. The van der Waals surface area contributed by atoms with Gasteiger partial charge in [0, 0.05) is 12.2 Å². The molecule has 1 aliphatic rings. The van der Waals surface area contributed by atoms with Crippen molar-refractivity contribution < 1.29 is 9.53 Å². The molecule has 0 heterocycles. The van der Waals surface area contributed by atoms with Crippen LogP contribution >= 0.6 is 0 Å². The Labute approximate surface area is 109 Å². The molecule has 3 heteroatoms. The standard InChI is InChI=1S/C15H21NO2/c17-15(18-12-13-6-4-5-7-13)10-11-16-14-8-2-1-3-9-14/h1-3,8-9,13,16H,4-7,10-12H2. The molecule has 18 heavy (non-hydrogen) atoms. The minimum atomic E-state index is -0.0923. The third kappa shape index (κ3) is 4.40. The molecule has 1 fully saturated rings. The zero-order chi connectivity index (χ0) is 12.6. The highest BCUT2D eigenvalue weighted by atomic mass is 16.5. The van der Waals surface area contributed by atoms with E-state index in [-0.39, 0.29) is 5.97 Å². The smallest absolute Gasteiger partial charge is 0.307 e. The molecule has 1 aromatic rings. The predicted molar refractivity (Wildman–Crippen MR) is 72.5 cm³/mol. The Balaban J connectivity index is 1.57. The van der Waals surface area contributed by atoms with Crippen LogP contribution in [0.25, 0.3) is 0 Å². The van der Waals surface area contributed by atoms with Crippen LogP contribution in [0.5, 0.6) is 0 Å². The first-order chi connectivity index (χ1) is 8.84. The number of esters is 1. The van der Waals surface area contributed by atoms with Gasteiger partial charge in [0.15, 0.2) is 0 Å². The summed E-state index contributed by atoms with van der Waals surface area (Å²) >= 11 is 0. The number of hydrogen-bond donors (Lipinski definition) is 1. The lowest BCUT2D eigenvalue weighted by atomic mass is 10.1. The molecule has 0 aliphatic heterocycles. The van der Waals surface area contributed by atoms with Crippen molar-refractivity contribution in [2.45, 2.75) is 32.1 Å². The Hall–Kier alpha value is -1.51. The van der Waals surface area contributed by atoms with Gasteiger partial charge < -0.3 is 10.1 Å². The highest BCUT2D eigenvalue weighted by molar-refractivity contribution is 5.70. The summed E-state index contributed by atoms with van der Waals surface area (Å²) in [5.74, 6) is 0.515. The number of rotatable bonds is 6. The maximum absolute atomic E-state index is 11.5. The van der Waals surface area contributed by atoms with E-state index < -0.39 is 0 Å². The maximum atomic E-state index is 11.5.